The molecule has 1 fully saturated rings. The minimum Gasteiger partial charge on any atom is -0.357 e. The molecule has 1 atom stereocenters. The van der Waals surface area contributed by atoms with Crippen LogP contribution >= 0.6 is 24.0 Å². The largest absolute Gasteiger partial charge is 0.357 e. The van der Waals surface area contributed by atoms with E-state index in [9.17, 15) is 8.42 Å². The topological polar surface area (TPSA) is 70.6 Å². The normalized spacial score (nSPS) is 17.0. The minimum absolute atomic E-state index is 0. The first-order valence-electron chi connectivity index (χ1n) is 7.63. The maximum Gasteiger partial charge on any atom is 0.191 e. The summed E-state index contributed by atoms with van der Waals surface area (Å²) in [5.41, 5.74) is 0. The zero-order chi connectivity index (χ0) is 15.0. The second-order valence-electron chi connectivity index (χ2n) is 5.81. The van der Waals surface area contributed by atoms with Crippen molar-refractivity contribution in [3.63, 3.8) is 0 Å². The van der Waals surface area contributed by atoms with Crippen molar-refractivity contribution in [2.75, 3.05) is 25.1 Å². The highest BCUT2D eigenvalue weighted by Crippen LogP contribution is 2.33. The fourth-order valence-corrected chi connectivity index (χ4v) is 2.78. The lowest BCUT2D eigenvalue weighted by Crippen LogP contribution is -2.42. The van der Waals surface area contributed by atoms with Crippen molar-refractivity contribution >= 4 is 39.8 Å². The first-order valence-corrected chi connectivity index (χ1v) is 9.69. The van der Waals surface area contributed by atoms with Gasteiger partial charge in [0.05, 0.1) is 5.75 Å². The van der Waals surface area contributed by atoms with E-state index >= 15 is 0 Å². The maximum absolute atomic E-state index is 11.2. The van der Waals surface area contributed by atoms with E-state index < -0.39 is 9.84 Å². The van der Waals surface area contributed by atoms with Crippen LogP contribution in [0.5, 0.6) is 0 Å². The van der Waals surface area contributed by atoms with Crippen molar-refractivity contribution in [2.45, 2.75) is 52.0 Å². The van der Waals surface area contributed by atoms with Crippen LogP contribution in [0.15, 0.2) is 4.99 Å². The number of rotatable bonds is 9. The lowest BCUT2D eigenvalue weighted by Gasteiger charge is -2.17. The van der Waals surface area contributed by atoms with Crippen molar-refractivity contribution < 1.29 is 8.42 Å². The Hall–Kier alpha value is -0.0500. The molecule has 7 heteroatoms. The van der Waals surface area contributed by atoms with Gasteiger partial charge in [-0.3, -0.25) is 4.99 Å². The van der Waals surface area contributed by atoms with Crippen molar-refractivity contribution in [2.24, 2.45) is 10.9 Å². The van der Waals surface area contributed by atoms with E-state index in [1.165, 1.54) is 25.5 Å². The molecular formula is C14H30IN3O2S. The predicted octanol–water partition coefficient (Wildman–Crippen LogP) is 2.17. The Morgan fingerprint density at radius 1 is 1.38 bits per heavy atom. The molecule has 2 N–H and O–H groups in total. The van der Waals surface area contributed by atoms with Crippen LogP contribution in [0.4, 0.5) is 0 Å². The number of nitrogens with one attached hydrogen (secondary N) is 2. The standard InChI is InChI=1S/C14H29N3O2S.HI/c1-4-15-14(16-10-5-6-13-7-8-13)17-12(2)9-11-20(3,18)19;/h12-13H,4-11H2,1-3H3,(H2,15,16,17);1H. The number of aliphatic imine (C=N–C) groups is 1. The molecule has 0 aromatic heterocycles. The molecule has 1 aliphatic rings. The van der Waals surface area contributed by atoms with Gasteiger partial charge in [0.2, 0.25) is 0 Å². The Balaban J connectivity index is 0.00000400. The van der Waals surface area contributed by atoms with Gasteiger partial charge in [-0.15, -0.1) is 24.0 Å². The van der Waals surface area contributed by atoms with Gasteiger partial charge in [-0.1, -0.05) is 12.8 Å². The number of halogens is 1. The van der Waals surface area contributed by atoms with E-state index in [4.69, 9.17) is 0 Å². The summed E-state index contributed by atoms with van der Waals surface area (Å²) in [6.07, 6.45) is 7.09. The van der Waals surface area contributed by atoms with Crippen LogP contribution in [0, 0.1) is 5.92 Å². The van der Waals surface area contributed by atoms with Crippen LogP contribution in [0.25, 0.3) is 0 Å². The molecule has 1 rings (SSSR count). The Morgan fingerprint density at radius 2 is 2.05 bits per heavy atom. The van der Waals surface area contributed by atoms with Crippen LogP contribution in [0.1, 0.15) is 46.0 Å². The molecule has 0 aromatic carbocycles. The number of guanidine groups is 1. The fraction of sp³-hybridized carbons (Fsp3) is 0.929. The second-order valence-corrected chi connectivity index (χ2v) is 8.07. The van der Waals surface area contributed by atoms with E-state index in [-0.39, 0.29) is 35.8 Å². The Morgan fingerprint density at radius 3 is 2.57 bits per heavy atom. The quantitative estimate of drug-likeness (QED) is 0.254. The van der Waals surface area contributed by atoms with Crippen LogP contribution in [0.2, 0.25) is 0 Å². The molecule has 1 unspecified atom stereocenters. The Bertz CT molecular complexity index is 408. The molecule has 0 radical (unpaired) electrons. The zero-order valence-electron chi connectivity index (χ0n) is 13.4. The van der Waals surface area contributed by atoms with Gasteiger partial charge in [0.1, 0.15) is 9.84 Å². The molecule has 1 saturated carbocycles. The maximum atomic E-state index is 11.2. The van der Waals surface area contributed by atoms with Gasteiger partial charge >= 0.3 is 0 Å². The SMILES string of the molecule is CCNC(=NCCCC1CC1)NC(C)CCS(C)(=O)=O.I. The molecule has 0 aliphatic heterocycles. The highest BCUT2D eigenvalue weighted by atomic mass is 127. The van der Waals surface area contributed by atoms with Gasteiger partial charge in [-0.05, 0) is 39.0 Å². The van der Waals surface area contributed by atoms with Crippen LogP contribution < -0.4 is 10.6 Å². The summed E-state index contributed by atoms with van der Waals surface area (Å²) in [5, 5.41) is 6.47. The van der Waals surface area contributed by atoms with Crippen molar-refractivity contribution in [3.8, 4) is 0 Å². The Kier molecular flexibility index (Phi) is 10.6. The van der Waals surface area contributed by atoms with Gasteiger partial charge in [-0.2, -0.15) is 0 Å². The van der Waals surface area contributed by atoms with E-state index in [1.807, 2.05) is 13.8 Å². The minimum atomic E-state index is -2.89. The molecule has 0 aromatic rings. The third kappa shape index (κ3) is 12.2. The van der Waals surface area contributed by atoms with Gasteiger partial charge in [-0.25, -0.2) is 8.42 Å². The summed E-state index contributed by atoms with van der Waals surface area (Å²) >= 11 is 0. The number of sulfone groups is 1. The summed E-state index contributed by atoms with van der Waals surface area (Å²) in [6.45, 7) is 5.67. The smallest absolute Gasteiger partial charge is 0.191 e. The zero-order valence-corrected chi connectivity index (χ0v) is 16.5. The van der Waals surface area contributed by atoms with Crippen LogP contribution in [0.3, 0.4) is 0 Å². The van der Waals surface area contributed by atoms with E-state index in [0.29, 0.717) is 6.42 Å². The summed E-state index contributed by atoms with van der Waals surface area (Å²) in [5.74, 6) is 1.96. The molecule has 1 aliphatic carbocycles. The van der Waals surface area contributed by atoms with Gasteiger partial charge < -0.3 is 10.6 Å². The average Bonchev–Trinajstić information content (AvgIpc) is 3.15. The van der Waals surface area contributed by atoms with Crippen LogP contribution in [-0.4, -0.2) is 45.5 Å². The number of hydrogen-bond donors (Lipinski definition) is 2. The molecule has 126 valence electrons. The van der Waals surface area contributed by atoms with Crippen molar-refractivity contribution in [1.82, 2.24) is 10.6 Å². The third-order valence-electron chi connectivity index (χ3n) is 3.39. The third-order valence-corrected chi connectivity index (χ3v) is 4.36. The second kappa shape index (κ2) is 10.6. The predicted molar refractivity (Wildman–Crippen MR) is 100 cm³/mol. The average molecular weight is 431 g/mol. The van der Waals surface area contributed by atoms with Crippen LogP contribution in [-0.2, 0) is 9.84 Å². The summed E-state index contributed by atoms with van der Waals surface area (Å²) in [4.78, 5) is 4.54. The van der Waals surface area contributed by atoms with Crippen molar-refractivity contribution in [1.29, 1.82) is 0 Å². The summed E-state index contributed by atoms with van der Waals surface area (Å²) < 4.78 is 22.3. The lowest BCUT2D eigenvalue weighted by molar-refractivity contribution is 0.580. The molecule has 0 saturated heterocycles. The molecule has 0 heterocycles. The fourth-order valence-electron chi connectivity index (χ4n) is 1.99. The lowest BCUT2D eigenvalue weighted by atomic mass is 10.2. The van der Waals surface area contributed by atoms with E-state index in [2.05, 4.69) is 15.6 Å². The van der Waals surface area contributed by atoms with Gasteiger partial charge in [0.15, 0.2) is 5.96 Å². The molecule has 0 bridgehead atoms. The molecular weight excluding hydrogens is 401 g/mol. The van der Waals surface area contributed by atoms with E-state index in [0.717, 1.165) is 31.4 Å². The highest BCUT2D eigenvalue weighted by molar-refractivity contribution is 14.0. The highest BCUT2D eigenvalue weighted by Gasteiger charge is 2.19. The number of nitrogens with zero attached hydrogens (tertiary/aromatic N) is 1. The molecule has 0 spiro atoms. The Labute approximate surface area is 146 Å². The summed E-state index contributed by atoms with van der Waals surface area (Å²) in [6, 6.07) is 0.103. The van der Waals surface area contributed by atoms with E-state index in [1.54, 1.807) is 0 Å². The monoisotopic (exact) mass is 431 g/mol. The first-order chi connectivity index (χ1) is 9.40. The van der Waals surface area contributed by atoms with Gasteiger partial charge in [0.25, 0.3) is 0 Å². The van der Waals surface area contributed by atoms with Crippen molar-refractivity contribution in [3.05, 3.63) is 0 Å². The molecule has 21 heavy (non-hydrogen) atoms. The van der Waals surface area contributed by atoms with Gasteiger partial charge in [0, 0.05) is 25.4 Å². The molecule has 0 amide bonds. The summed E-state index contributed by atoms with van der Waals surface area (Å²) in [7, 11) is -2.89. The molecule has 5 nitrogen and oxygen atoms in total. The first kappa shape index (κ1) is 20.9. The number of hydrogen-bond acceptors (Lipinski definition) is 3.